The number of benzene rings is 1. The number of hydrogen-bond donors (Lipinski definition) is 1. The summed E-state index contributed by atoms with van der Waals surface area (Å²) in [5.41, 5.74) is 0.696. The highest BCUT2D eigenvalue weighted by Gasteiger charge is 2.16. The average molecular weight is 268 g/mol. The second kappa shape index (κ2) is 6.35. The maximum atomic E-state index is 10.8. The highest BCUT2D eigenvalue weighted by atomic mass is 16.6. The fraction of sp³-hybridized carbons (Fsp3) is 0.500. The zero-order valence-electron chi connectivity index (χ0n) is 10.6. The van der Waals surface area contributed by atoms with Crippen molar-refractivity contribution in [3.63, 3.8) is 0 Å². The molecule has 1 heterocycles. The minimum atomic E-state index is -0.472. The lowest BCUT2D eigenvalue weighted by Crippen LogP contribution is -2.34. The van der Waals surface area contributed by atoms with Gasteiger partial charge in [0, 0.05) is 24.4 Å². The van der Waals surface area contributed by atoms with E-state index in [-0.39, 0.29) is 17.5 Å². The Kier molecular flexibility index (Phi) is 4.53. The smallest absolute Gasteiger partial charge is 0.311 e. The molecule has 1 aromatic rings. The number of anilines is 1. The van der Waals surface area contributed by atoms with Gasteiger partial charge in [-0.2, -0.15) is 0 Å². The van der Waals surface area contributed by atoms with Crippen LogP contribution in [0.2, 0.25) is 0 Å². The molecule has 0 spiro atoms. The molecule has 0 saturated carbocycles. The van der Waals surface area contributed by atoms with Gasteiger partial charge in [0.2, 0.25) is 0 Å². The van der Waals surface area contributed by atoms with Crippen molar-refractivity contribution >= 4 is 11.4 Å². The summed E-state index contributed by atoms with van der Waals surface area (Å²) in [5, 5.41) is 13.9. The van der Waals surface area contributed by atoms with Crippen LogP contribution >= 0.6 is 0 Å². The first-order valence-corrected chi connectivity index (χ1v) is 5.96. The minimum Gasteiger partial charge on any atom is -0.490 e. The van der Waals surface area contributed by atoms with Gasteiger partial charge in [-0.15, -0.1) is 0 Å². The summed E-state index contributed by atoms with van der Waals surface area (Å²) in [6.45, 7) is 2.36. The molecule has 0 radical (unpaired) electrons. The summed E-state index contributed by atoms with van der Waals surface area (Å²) >= 11 is 0. The molecule has 7 heteroatoms. The van der Waals surface area contributed by atoms with E-state index in [2.05, 4.69) is 5.32 Å². The monoisotopic (exact) mass is 268 g/mol. The van der Waals surface area contributed by atoms with E-state index in [9.17, 15) is 10.1 Å². The summed E-state index contributed by atoms with van der Waals surface area (Å²) in [7, 11) is 1.41. The third-order valence-electron chi connectivity index (χ3n) is 2.80. The first kappa shape index (κ1) is 13.6. The highest BCUT2D eigenvalue weighted by molar-refractivity contribution is 5.57. The summed E-state index contributed by atoms with van der Waals surface area (Å²) in [4.78, 5) is 10.3. The van der Waals surface area contributed by atoms with Gasteiger partial charge in [-0.1, -0.05) is 0 Å². The van der Waals surface area contributed by atoms with Crippen molar-refractivity contribution < 1.29 is 19.1 Å². The Morgan fingerprint density at radius 3 is 3.00 bits per heavy atom. The van der Waals surface area contributed by atoms with Crippen molar-refractivity contribution in [2.75, 3.05) is 38.8 Å². The molecule has 1 fully saturated rings. The third-order valence-corrected chi connectivity index (χ3v) is 2.80. The number of nitrogens with one attached hydrogen (secondary N) is 1. The van der Waals surface area contributed by atoms with Gasteiger partial charge in [0.15, 0.2) is 5.75 Å². The van der Waals surface area contributed by atoms with E-state index in [0.29, 0.717) is 26.4 Å². The number of methoxy groups -OCH3 is 1. The number of nitrogens with zero attached hydrogens (tertiary/aromatic N) is 1. The van der Waals surface area contributed by atoms with Crippen molar-refractivity contribution in [2.24, 2.45) is 0 Å². The van der Waals surface area contributed by atoms with E-state index in [1.165, 1.54) is 13.2 Å². The topological polar surface area (TPSA) is 82.9 Å². The van der Waals surface area contributed by atoms with Gasteiger partial charge < -0.3 is 19.5 Å². The molecule has 2 rings (SSSR count). The molecule has 1 aromatic carbocycles. The normalized spacial score (nSPS) is 18.9. The predicted octanol–water partition coefficient (Wildman–Crippen LogP) is 1.43. The van der Waals surface area contributed by atoms with Crippen LogP contribution in [-0.4, -0.2) is 44.5 Å². The van der Waals surface area contributed by atoms with Gasteiger partial charge in [0.25, 0.3) is 0 Å². The van der Waals surface area contributed by atoms with Crippen LogP contribution in [0.4, 0.5) is 11.4 Å². The molecule has 1 saturated heterocycles. The molecule has 1 N–H and O–H groups in total. The lowest BCUT2D eigenvalue weighted by Gasteiger charge is -2.23. The van der Waals surface area contributed by atoms with Crippen LogP contribution in [0, 0.1) is 10.1 Å². The van der Waals surface area contributed by atoms with Crippen LogP contribution in [0.1, 0.15) is 0 Å². The Morgan fingerprint density at radius 1 is 1.53 bits per heavy atom. The molecule has 104 valence electrons. The van der Waals surface area contributed by atoms with Gasteiger partial charge in [-0.25, -0.2) is 0 Å². The molecule has 7 nitrogen and oxygen atoms in total. The Hall–Kier alpha value is -1.86. The average Bonchev–Trinajstić information content (AvgIpc) is 2.45. The van der Waals surface area contributed by atoms with E-state index < -0.39 is 4.92 Å². The van der Waals surface area contributed by atoms with Gasteiger partial charge >= 0.3 is 5.69 Å². The highest BCUT2D eigenvalue weighted by Crippen LogP contribution is 2.29. The van der Waals surface area contributed by atoms with Gasteiger partial charge in [-0.05, 0) is 6.07 Å². The van der Waals surface area contributed by atoms with Crippen LogP contribution < -0.4 is 10.1 Å². The first-order valence-electron chi connectivity index (χ1n) is 5.96. The van der Waals surface area contributed by atoms with Crippen LogP contribution in [0.15, 0.2) is 18.2 Å². The van der Waals surface area contributed by atoms with Gasteiger partial charge in [-0.3, -0.25) is 10.1 Å². The fourth-order valence-corrected chi connectivity index (χ4v) is 1.82. The zero-order chi connectivity index (χ0) is 13.7. The Balaban J connectivity index is 1.98. The molecule has 0 aromatic heterocycles. The number of nitro groups is 1. The summed E-state index contributed by atoms with van der Waals surface area (Å²) < 4.78 is 15.8. The van der Waals surface area contributed by atoms with Gasteiger partial charge in [0.05, 0.1) is 38.0 Å². The van der Waals surface area contributed by atoms with Crippen molar-refractivity contribution in [3.8, 4) is 5.75 Å². The molecule has 1 atom stereocenters. The molecule has 0 bridgehead atoms. The maximum Gasteiger partial charge on any atom is 0.311 e. The number of rotatable bonds is 5. The third kappa shape index (κ3) is 3.55. The zero-order valence-corrected chi connectivity index (χ0v) is 10.6. The SMILES string of the molecule is COc1cc(NCC2COCCO2)ccc1[N+](=O)[O-]. The molecule has 0 aliphatic carbocycles. The van der Waals surface area contributed by atoms with Crippen molar-refractivity contribution in [2.45, 2.75) is 6.10 Å². The van der Waals surface area contributed by atoms with Crippen LogP contribution in [0.3, 0.4) is 0 Å². The van der Waals surface area contributed by atoms with Crippen molar-refractivity contribution in [1.82, 2.24) is 0 Å². The van der Waals surface area contributed by atoms with E-state index in [1.807, 2.05) is 0 Å². The molecule has 19 heavy (non-hydrogen) atoms. The Labute approximate surface area is 110 Å². The summed E-state index contributed by atoms with van der Waals surface area (Å²) in [5.74, 6) is 0.232. The number of ether oxygens (including phenoxy) is 3. The largest absolute Gasteiger partial charge is 0.490 e. The van der Waals surface area contributed by atoms with Crippen LogP contribution in [0.5, 0.6) is 5.75 Å². The Bertz CT molecular complexity index is 446. The summed E-state index contributed by atoms with van der Waals surface area (Å²) in [6.07, 6.45) is -0.00469. The van der Waals surface area contributed by atoms with Crippen LogP contribution in [-0.2, 0) is 9.47 Å². The predicted molar refractivity (Wildman–Crippen MR) is 68.7 cm³/mol. The van der Waals surface area contributed by atoms with E-state index in [4.69, 9.17) is 14.2 Å². The standard InChI is InChI=1S/C12H16N2O5/c1-17-12-6-9(2-3-11(12)14(15)16)13-7-10-8-18-4-5-19-10/h2-3,6,10,13H,4-5,7-8H2,1H3. The minimum absolute atomic E-state index is 0.00469. The first-order chi connectivity index (χ1) is 9.20. The second-order valence-electron chi connectivity index (χ2n) is 4.09. The number of hydrogen-bond acceptors (Lipinski definition) is 6. The van der Waals surface area contributed by atoms with E-state index in [1.54, 1.807) is 12.1 Å². The lowest BCUT2D eigenvalue weighted by molar-refractivity contribution is -0.385. The fourth-order valence-electron chi connectivity index (χ4n) is 1.82. The van der Waals surface area contributed by atoms with Crippen LogP contribution in [0.25, 0.3) is 0 Å². The van der Waals surface area contributed by atoms with E-state index >= 15 is 0 Å². The maximum absolute atomic E-state index is 10.8. The summed E-state index contributed by atoms with van der Waals surface area (Å²) in [6, 6.07) is 4.66. The van der Waals surface area contributed by atoms with Gasteiger partial charge in [0.1, 0.15) is 0 Å². The van der Waals surface area contributed by atoms with E-state index in [0.717, 1.165) is 5.69 Å². The lowest BCUT2D eigenvalue weighted by atomic mass is 10.2. The molecular formula is C12H16N2O5. The molecule has 1 aliphatic heterocycles. The second-order valence-corrected chi connectivity index (χ2v) is 4.09. The molecule has 0 amide bonds. The molecule has 1 unspecified atom stereocenters. The van der Waals surface area contributed by atoms with Crippen molar-refractivity contribution in [3.05, 3.63) is 28.3 Å². The molecular weight excluding hydrogens is 252 g/mol. The number of nitro benzene ring substituents is 1. The van der Waals surface area contributed by atoms with Crippen molar-refractivity contribution in [1.29, 1.82) is 0 Å². The molecule has 1 aliphatic rings. The Morgan fingerprint density at radius 2 is 2.37 bits per heavy atom. The quantitative estimate of drug-likeness (QED) is 0.642.